The van der Waals surface area contributed by atoms with Crippen LogP contribution in [0.3, 0.4) is 0 Å². The smallest absolute Gasteiger partial charge is 0.332 e. The van der Waals surface area contributed by atoms with Crippen molar-refractivity contribution in [3.05, 3.63) is 47.5 Å². The van der Waals surface area contributed by atoms with E-state index in [0.29, 0.717) is 17.4 Å². The molecule has 1 saturated heterocycles. The van der Waals surface area contributed by atoms with Crippen LogP contribution < -0.4 is 0 Å². The van der Waals surface area contributed by atoms with Crippen LogP contribution in [0.4, 0.5) is 0 Å². The Hall–Kier alpha value is -1.65. The van der Waals surface area contributed by atoms with Crippen LogP contribution in [0.5, 0.6) is 0 Å². The Morgan fingerprint density at radius 3 is 2.23 bits per heavy atom. The van der Waals surface area contributed by atoms with Gasteiger partial charge in [0.05, 0.1) is 6.61 Å². The van der Waals surface area contributed by atoms with Crippen LogP contribution in [-0.2, 0) is 24.4 Å². The summed E-state index contributed by atoms with van der Waals surface area (Å²) in [5.74, 6) is -0.355. The van der Waals surface area contributed by atoms with Crippen LogP contribution in [0.1, 0.15) is 121 Å². The van der Waals surface area contributed by atoms with Crippen LogP contribution in [0.15, 0.2) is 36.4 Å². The summed E-state index contributed by atoms with van der Waals surface area (Å²) in [6.45, 7) is 5.15. The summed E-state index contributed by atoms with van der Waals surface area (Å²) in [6, 6.07) is 9.12. The van der Waals surface area contributed by atoms with Crippen molar-refractivity contribution in [1.82, 2.24) is 0 Å². The van der Waals surface area contributed by atoms with Gasteiger partial charge in [-0.15, -0.1) is 0 Å². The molecule has 1 aromatic rings. The first kappa shape index (κ1) is 26.4. The van der Waals surface area contributed by atoms with Gasteiger partial charge in [-0.2, -0.15) is 0 Å². The van der Waals surface area contributed by atoms with Gasteiger partial charge in [-0.3, -0.25) is 0 Å². The van der Waals surface area contributed by atoms with Gasteiger partial charge in [-0.05, 0) is 79.7 Å². The number of hydrogen-bond acceptors (Lipinski definition) is 4. The summed E-state index contributed by atoms with van der Waals surface area (Å²) in [7, 11) is 0. The Bertz CT molecular complexity index is 794. The molecule has 0 radical (unpaired) electrons. The van der Waals surface area contributed by atoms with Gasteiger partial charge < -0.3 is 14.2 Å². The fourth-order valence-corrected chi connectivity index (χ4v) is 6.48. The maximum absolute atomic E-state index is 12.0. The molecule has 0 spiro atoms. The summed E-state index contributed by atoms with van der Waals surface area (Å²) in [6.07, 6.45) is 20.9. The minimum Gasteiger partial charge on any atom is -0.430 e. The molecule has 1 aromatic carbocycles. The molecular formula is C31H46O4. The molecular weight excluding hydrogens is 436 g/mol. The fraction of sp³-hybridized carbons (Fsp3) is 0.710. The number of carbonyl (C=O) groups excluding carboxylic acids is 1. The van der Waals surface area contributed by atoms with Crippen molar-refractivity contribution in [3.63, 3.8) is 0 Å². The Kier molecular flexibility index (Phi) is 9.46. The Morgan fingerprint density at radius 2 is 1.60 bits per heavy atom. The lowest BCUT2D eigenvalue weighted by molar-refractivity contribution is -0.230. The molecule has 0 unspecified atom stereocenters. The second kappa shape index (κ2) is 12.5. The van der Waals surface area contributed by atoms with E-state index in [1.165, 1.54) is 88.7 Å². The molecule has 3 aliphatic carbocycles. The molecule has 1 heterocycles. The third-order valence-corrected chi connectivity index (χ3v) is 8.95. The van der Waals surface area contributed by atoms with Crippen LogP contribution in [0, 0.1) is 5.41 Å². The molecule has 0 N–H and O–H groups in total. The second-order valence-electron chi connectivity index (χ2n) is 11.3. The number of carbonyl (C=O) groups is 1. The number of allylic oxidation sites excluding steroid dienone is 1. The number of benzene rings is 1. The largest absolute Gasteiger partial charge is 0.430 e. The second-order valence-corrected chi connectivity index (χ2v) is 11.3. The SMILES string of the molecule is CCCCC/C=C/C(=O)O[C@@H]1CO[C@@H](c2ccc(C34CCC(CCCCC)(CC3)CC4)cc2)CO1. The number of unbranched alkanes of at least 4 members (excludes halogenated alkanes) is 5. The Morgan fingerprint density at radius 1 is 0.914 bits per heavy atom. The van der Waals surface area contributed by atoms with Gasteiger partial charge in [0, 0.05) is 6.08 Å². The number of hydrogen-bond donors (Lipinski definition) is 0. The summed E-state index contributed by atoms with van der Waals surface area (Å²) in [5.41, 5.74) is 3.69. The average Bonchev–Trinajstić information content (AvgIpc) is 2.90. The van der Waals surface area contributed by atoms with E-state index in [4.69, 9.17) is 14.2 Å². The highest BCUT2D eigenvalue weighted by Gasteiger charge is 2.48. The quantitative estimate of drug-likeness (QED) is 0.172. The van der Waals surface area contributed by atoms with E-state index >= 15 is 0 Å². The normalized spacial score (nSPS) is 30.6. The molecule has 5 rings (SSSR count). The molecule has 194 valence electrons. The van der Waals surface area contributed by atoms with Crippen molar-refractivity contribution in [2.24, 2.45) is 5.41 Å². The van der Waals surface area contributed by atoms with Gasteiger partial charge in [0.15, 0.2) is 0 Å². The van der Waals surface area contributed by atoms with Crippen molar-refractivity contribution < 1.29 is 19.0 Å². The molecule has 3 saturated carbocycles. The number of esters is 1. The first-order valence-corrected chi connectivity index (χ1v) is 14.3. The molecule has 0 aromatic heterocycles. The maximum Gasteiger partial charge on any atom is 0.332 e. The number of rotatable bonds is 12. The van der Waals surface area contributed by atoms with Crippen molar-refractivity contribution in [3.8, 4) is 0 Å². The molecule has 4 heteroatoms. The lowest BCUT2D eigenvalue weighted by atomic mass is 9.51. The Labute approximate surface area is 212 Å². The first-order chi connectivity index (χ1) is 17.1. The van der Waals surface area contributed by atoms with E-state index in [1.807, 2.05) is 6.08 Å². The third kappa shape index (κ3) is 6.77. The topological polar surface area (TPSA) is 44.8 Å². The van der Waals surface area contributed by atoms with Gasteiger partial charge in [0.25, 0.3) is 0 Å². The molecule has 1 aliphatic heterocycles. The monoisotopic (exact) mass is 482 g/mol. The minimum atomic E-state index is -0.626. The van der Waals surface area contributed by atoms with Crippen molar-refractivity contribution in [1.29, 1.82) is 0 Å². The zero-order valence-electron chi connectivity index (χ0n) is 22.1. The van der Waals surface area contributed by atoms with Gasteiger partial charge >= 0.3 is 5.97 Å². The highest BCUT2D eigenvalue weighted by atomic mass is 16.7. The lowest BCUT2D eigenvalue weighted by Gasteiger charge is -2.54. The van der Waals surface area contributed by atoms with Crippen LogP contribution in [0.2, 0.25) is 0 Å². The summed E-state index contributed by atoms with van der Waals surface area (Å²) >= 11 is 0. The highest BCUT2D eigenvalue weighted by molar-refractivity contribution is 5.81. The first-order valence-electron chi connectivity index (χ1n) is 14.3. The zero-order chi connectivity index (χ0) is 24.6. The van der Waals surface area contributed by atoms with Gasteiger partial charge in [-0.25, -0.2) is 4.79 Å². The summed E-state index contributed by atoms with van der Waals surface area (Å²) in [4.78, 5) is 12.0. The van der Waals surface area contributed by atoms with Crippen molar-refractivity contribution >= 4 is 5.97 Å². The predicted octanol–water partition coefficient (Wildman–Crippen LogP) is 7.95. The van der Waals surface area contributed by atoms with E-state index in [2.05, 4.69) is 38.1 Å². The lowest BCUT2D eigenvalue weighted by Crippen LogP contribution is -2.44. The van der Waals surface area contributed by atoms with Crippen LogP contribution in [0.25, 0.3) is 0 Å². The molecule has 4 aliphatic rings. The molecule has 0 amide bonds. The molecule has 2 atom stereocenters. The average molecular weight is 483 g/mol. The molecule has 4 fully saturated rings. The fourth-order valence-electron chi connectivity index (χ4n) is 6.48. The summed E-state index contributed by atoms with van der Waals surface area (Å²) in [5, 5.41) is 0. The van der Waals surface area contributed by atoms with Crippen LogP contribution >= 0.6 is 0 Å². The predicted molar refractivity (Wildman–Crippen MR) is 140 cm³/mol. The molecule has 2 bridgehead atoms. The zero-order valence-corrected chi connectivity index (χ0v) is 22.1. The third-order valence-electron chi connectivity index (χ3n) is 8.95. The van der Waals surface area contributed by atoms with Crippen molar-refractivity contribution in [2.75, 3.05) is 13.2 Å². The van der Waals surface area contributed by atoms with E-state index in [1.54, 1.807) is 0 Å². The summed E-state index contributed by atoms with van der Waals surface area (Å²) < 4.78 is 17.2. The van der Waals surface area contributed by atoms with E-state index < -0.39 is 6.29 Å². The minimum absolute atomic E-state index is 0.106. The van der Waals surface area contributed by atoms with Gasteiger partial charge in [-0.1, -0.05) is 76.3 Å². The van der Waals surface area contributed by atoms with E-state index in [9.17, 15) is 4.79 Å². The molecule has 4 nitrogen and oxygen atoms in total. The van der Waals surface area contributed by atoms with Gasteiger partial charge in [0.2, 0.25) is 6.29 Å². The van der Waals surface area contributed by atoms with Crippen molar-refractivity contribution in [2.45, 2.75) is 122 Å². The van der Waals surface area contributed by atoms with Crippen LogP contribution in [-0.4, -0.2) is 25.5 Å². The number of ether oxygens (including phenoxy) is 3. The highest BCUT2D eigenvalue weighted by Crippen LogP contribution is 2.59. The maximum atomic E-state index is 12.0. The molecule has 35 heavy (non-hydrogen) atoms. The Balaban J connectivity index is 1.23. The van der Waals surface area contributed by atoms with E-state index in [0.717, 1.165) is 18.4 Å². The van der Waals surface area contributed by atoms with E-state index in [-0.39, 0.29) is 18.7 Å². The van der Waals surface area contributed by atoms with Gasteiger partial charge in [0.1, 0.15) is 12.7 Å². The standard InChI is InChI=1S/C31H46O4/c1-3-5-7-8-9-11-28(32)35-29-24-33-27(23-34-29)25-12-14-26(15-13-25)31-20-17-30(18-21-31,19-22-31)16-10-6-4-2/h9,11-15,27,29H,3-8,10,16-24H2,1-2H3/b11-9+/t27-,29-,30?,31?/m1/s1. The number of fused-ring (bicyclic) bond motifs is 3.